The Balaban J connectivity index is 1.62. The second-order valence-corrected chi connectivity index (χ2v) is 9.33. The predicted molar refractivity (Wildman–Crippen MR) is 147 cm³/mol. The monoisotopic (exact) mass is 465 g/mol. The van der Waals surface area contributed by atoms with Crippen molar-refractivity contribution in [3.8, 4) is 28.2 Å². The second-order valence-electron chi connectivity index (χ2n) is 9.33. The first-order chi connectivity index (χ1) is 17.7. The van der Waals surface area contributed by atoms with Gasteiger partial charge in [0.1, 0.15) is 16.8 Å². The molecule has 0 aliphatic heterocycles. The molecule has 5 aromatic carbocycles. The zero-order chi connectivity index (χ0) is 24.2. The molecule has 0 saturated heterocycles. The molecular weight excluding hydrogens is 440 g/mol. The lowest BCUT2D eigenvalue weighted by molar-refractivity contribution is -0.633. The van der Waals surface area contributed by atoms with E-state index in [1.54, 1.807) is 0 Å². The van der Waals surface area contributed by atoms with Crippen LogP contribution in [0.5, 0.6) is 0 Å². The molecule has 0 saturated carbocycles. The highest BCUT2D eigenvalue weighted by Crippen LogP contribution is 2.41. The van der Waals surface area contributed by atoms with Crippen molar-refractivity contribution < 1.29 is 8.98 Å². The van der Waals surface area contributed by atoms with Crippen LogP contribution in [0.2, 0.25) is 0 Å². The molecule has 2 aromatic heterocycles. The van der Waals surface area contributed by atoms with Crippen molar-refractivity contribution >= 4 is 33.0 Å². The van der Waals surface area contributed by atoms with Gasteiger partial charge in [0.25, 0.3) is 5.82 Å². The third-order valence-electron chi connectivity index (χ3n) is 7.21. The van der Waals surface area contributed by atoms with Crippen LogP contribution in [-0.4, -0.2) is 4.57 Å². The van der Waals surface area contributed by atoms with E-state index in [4.69, 9.17) is 4.42 Å². The van der Waals surface area contributed by atoms with E-state index in [1.807, 2.05) is 6.07 Å². The highest BCUT2D eigenvalue weighted by molar-refractivity contribution is 6.13. The summed E-state index contributed by atoms with van der Waals surface area (Å²) in [6.07, 6.45) is 0. The van der Waals surface area contributed by atoms with Crippen molar-refractivity contribution in [3.63, 3.8) is 0 Å². The Labute approximate surface area is 209 Å². The molecule has 0 N–H and O–H groups in total. The minimum atomic E-state index is 0.920. The summed E-state index contributed by atoms with van der Waals surface area (Å²) in [5, 5.41) is 2.27. The molecule has 2 heterocycles. The molecule has 0 bridgehead atoms. The topological polar surface area (TPSA) is 21.9 Å². The van der Waals surface area contributed by atoms with Gasteiger partial charge in [-0.05, 0) is 42.3 Å². The van der Waals surface area contributed by atoms with Gasteiger partial charge in [-0.25, -0.2) is 4.57 Å². The number of rotatable bonds is 3. The van der Waals surface area contributed by atoms with Gasteiger partial charge in [-0.15, -0.1) is 0 Å². The number of para-hydroxylation sites is 4. The number of aryl methyl sites for hydroxylation is 2. The number of fused-ring (bicyclic) bond motifs is 4. The highest BCUT2D eigenvalue weighted by atomic mass is 16.3. The third-order valence-corrected chi connectivity index (χ3v) is 7.21. The van der Waals surface area contributed by atoms with Gasteiger partial charge in [-0.3, -0.25) is 0 Å². The number of aromatic nitrogens is 2. The molecule has 0 aliphatic rings. The van der Waals surface area contributed by atoms with Crippen molar-refractivity contribution in [1.82, 2.24) is 4.57 Å². The van der Waals surface area contributed by atoms with Crippen molar-refractivity contribution in [3.05, 3.63) is 121 Å². The van der Waals surface area contributed by atoms with Crippen LogP contribution in [0.4, 0.5) is 0 Å². The summed E-state index contributed by atoms with van der Waals surface area (Å²) in [4.78, 5) is 0. The Morgan fingerprint density at radius 2 is 1.33 bits per heavy atom. The molecule has 7 rings (SSSR count). The first-order valence-corrected chi connectivity index (χ1v) is 12.3. The second kappa shape index (κ2) is 7.96. The van der Waals surface area contributed by atoms with Crippen molar-refractivity contribution in [2.75, 3.05) is 0 Å². The lowest BCUT2D eigenvalue weighted by atomic mass is 10.0. The standard InChI is InChI=1S/C33H25N2O/c1-22-20-21-27-26-17-11-16-25(23-12-5-3-6-13-23)31(26)36-32(27)30(22)33-34(2)28-18-9-10-19-29(28)35(33)24-14-7-4-8-15-24/h3-21H,1-2H3/q+1. The number of benzene rings is 5. The molecule has 0 radical (unpaired) electrons. The molecular formula is C33H25N2O+. The SMILES string of the molecule is Cc1ccc2c(oc3c(-c4ccccc4)cccc32)c1-c1n(-c2ccccc2)c2ccccc2[n+]1C. The van der Waals surface area contributed by atoms with Crippen LogP contribution < -0.4 is 4.57 Å². The van der Waals surface area contributed by atoms with Crippen LogP contribution in [0.3, 0.4) is 0 Å². The largest absolute Gasteiger partial charge is 0.454 e. The predicted octanol–water partition coefficient (Wildman–Crippen LogP) is 8.00. The van der Waals surface area contributed by atoms with Crippen molar-refractivity contribution in [2.24, 2.45) is 7.05 Å². The van der Waals surface area contributed by atoms with Gasteiger partial charge in [0.15, 0.2) is 16.6 Å². The summed E-state index contributed by atoms with van der Waals surface area (Å²) < 4.78 is 11.5. The van der Waals surface area contributed by atoms with E-state index in [2.05, 4.69) is 132 Å². The molecule has 36 heavy (non-hydrogen) atoms. The van der Waals surface area contributed by atoms with Crippen molar-refractivity contribution in [1.29, 1.82) is 0 Å². The minimum absolute atomic E-state index is 0.920. The lowest BCUT2D eigenvalue weighted by Gasteiger charge is -2.07. The van der Waals surface area contributed by atoms with Gasteiger partial charge in [0, 0.05) is 16.3 Å². The van der Waals surface area contributed by atoms with E-state index in [1.165, 1.54) is 16.6 Å². The van der Waals surface area contributed by atoms with Crippen LogP contribution in [-0.2, 0) is 7.05 Å². The maximum atomic E-state index is 6.82. The number of furan rings is 1. The van der Waals surface area contributed by atoms with Crippen LogP contribution in [0, 0.1) is 6.92 Å². The van der Waals surface area contributed by atoms with Crippen LogP contribution in [0.25, 0.3) is 61.2 Å². The van der Waals surface area contributed by atoms with Gasteiger partial charge in [0.05, 0.1) is 7.05 Å². The molecule has 0 atom stereocenters. The quantitative estimate of drug-likeness (QED) is 0.242. The Morgan fingerprint density at radius 1 is 0.639 bits per heavy atom. The minimum Gasteiger partial charge on any atom is -0.454 e. The Bertz CT molecular complexity index is 1890. The molecule has 0 unspecified atom stereocenters. The first kappa shape index (κ1) is 20.7. The van der Waals surface area contributed by atoms with Gasteiger partial charge < -0.3 is 4.42 Å². The molecule has 0 fully saturated rings. The van der Waals surface area contributed by atoms with Crippen LogP contribution in [0.15, 0.2) is 120 Å². The number of nitrogens with zero attached hydrogens (tertiary/aromatic N) is 2. The highest BCUT2D eigenvalue weighted by Gasteiger charge is 2.30. The van der Waals surface area contributed by atoms with Gasteiger partial charge >= 0.3 is 0 Å². The first-order valence-electron chi connectivity index (χ1n) is 12.3. The third kappa shape index (κ3) is 2.96. The van der Waals surface area contributed by atoms with Gasteiger partial charge in [-0.2, -0.15) is 4.57 Å². The van der Waals surface area contributed by atoms with Crippen LogP contribution >= 0.6 is 0 Å². The van der Waals surface area contributed by atoms with E-state index in [0.29, 0.717) is 0 Å². The maximum absolute atomic E-state index is 6.82. The molecule has 0 amide bonds. The van der Waals surface area contributed by atoms with Gasteiger partial charge in [0.2, 0.25) is 0 Å². The average Bonchev–Trinajstić information content (AvgIpc) is 3.45. The van der Waals surface area contributed by atoms with Crippen molar-refractivity contribution in [2.45, 2.75) is 6.92 Å². The summed E-state index contributed by atoms with van der Waals surface area (Å²) in [5.41, 5.74) is 9.88. The van der Waals surface area contributed by atoms with Gasteiger partial charge in [-0.1, -0.05) is 91.0 Å². The maximum Gasteiger partial charge on any atom is 0.298 e. The Morgan fingerprint density at radius 3 is 2.14 bits per heavy atom. The number of hydrogen-bond donors (Lipinski definition) is 0. The summed E-state index contributed by atoms with van der Waals surface area (Å²) in [6.45, 7) is 2.17. The van der Waals surface area contributed by atoms with E-state index < -0.39 is 0 Å². The molecule has 7 aromatic rings. The summed E-state index contributed by atoms with van der Waals surface area (Å²) >= 11 is 0. The molecule has 172 valence electrons. The van der Waals surface area contributed by atoms with E-state index >= 15 is 0 Å². The van der Waals surface area contributed by atoms with E-state index in [9.17, 15) is 0 Å². The molecule has 3 nitrogen and oxygen atoms in total. The van der Waals surface area contributed by atoms with E-state index in [0.717, 1.165) is 50.1 Å². The molecule has 0 aliphatic carbocycles. The molecule has 0 spiro atoms. The fourth-order valence-electron chi connectivity index (χ4n) is 5.52. The molecule has 3 heteroatoms. The summed E-state index contributed by atoms with van der Waals surface area (Å²) in [7, 11) is 2.15. The summed E-state index contributed by atoms with van der Waals surface area (Å²) in [6, 6.07) is 40.5. The number of imidazole rings is 1. The Hall–Kier alpha value is -4.63. The van der Waals surface area contributed by atoms with Crippen LogP contribution in [0.1, 0.15) is 5.56 Å². The smallest absolute Gasteiger partial charge is 0.298 e. The zero-order valence-corrected chi connectivity index (χ0v) is 20.3. The Kier molecular flexibility index (Phi) is 4.58. The number of hydrogen-bond acceptors (Lipinski definition) is 1. The fourth-order valence-corrected chi connectivity index (χ4v) is 5.52. The lowest BCUT2D eigenvalue weighted by Crippen LogP contribution is -2.30. The fraction of sp³-hybridized carbons (Fsp3) is 0.0606. The summed E-state index contributed by atoms with van der Waals surface area (Å²) in [5.74, 6) is 1.10. The average molecular weight is 466 g/mol. The zero-order valence-electron chi connectivity index (χ0n) is 20.3. The normalized spacial score (nSPS) is 11.6. The van der Waals surface area contributed by atoms with E-state index in [-0.39, 0.29) is 0 Å².